The van der Waals surface area contributed by atoms with Crippen LogP contribution in [0.2, 0.25) is 0 Å². The van der Waals surface area contributed by atoms with Gasteiger partial charge < -0.3 is 9.84 Å². The number of aromatic carboxylic acids is 1. The van der Waals surface area contributed by atoms with Gasteiger partial charge in [0.2, 0.25) is 0 Å². The Balaban J connectivity index is 2.63. The van der Waals surface area contributed by atoms with Crippen molar-refractivity contribution < 1.29 is 14.6 Å². The third-order valence-corrected chi connectivity index (χ3v) is 3.02. The minimum Gasteiger partial charge on any atom is -0.477 e. The van der Waals surface area contributed by atoms with Gasteiger partial charge in [-0.1, -0.05) is 6.07 Å². The number of rotatable bonds is 4. The van der Waals surface area contributed by atoms with Gasteiger partial charge in [0.15, 0.2) is 0 Å². The summed E-state index contributed by atoms with van der Waals surface area (Å²) in [6, 6.07) is 5.07. The van der Waals surface area contributed by atoms with E-state index in [1.165, 1.54) is 0 Å². The van der Waals surface area contributed by atoms with Crippen LogP contribution in [0.1, 0.15) is 16.3 Å². The highest BCUT2D eigenvalue weighted by Gasteiger charge is 2.15. The normalized spacial score (nSPS) is 10.9. The van der Waals surface area contributed by atoms with Crippen LogP contribution in [0.4, 0.5) is 0 Å². The predicted molar refractivity (Wildman–Crippen MR) is 65.4 cm³/mol. The van der Waals surface area contributed by atoms with Gasteiger partial charge in [0, 0.05) is 13.5 Å². The van der Waals surface area contributed by atoms with Crippen molar-refractivity contribution in [2.45, 2.75) is 6.42 Å². The lowest BCUT2D eigenvalue weighted by atomic mass is 10.3. The van der Waals surface area contributed by atoms with Crippen molar-refractivity contribution in [3.05, 3.63) is 34.3 Å². The molecule has 0 aromatic carbocycles. The van der Waals surface area contributed by atoms with Crippen molar-refractivity contribution >= 4 is 27.4 Å². The van der Waals surface area contributed by atoms with Crippen LogP contribution in [0.3, 0.4) is 0 Å². The minimum atomic E-state index is -0.973. The summed E-state index contributed by atoms with van der Waals surface area (Å²) < 4.78 is 7.26. The fraction of sp³-hybridized carbons (Fsp3) is 0.273. The summed E-state index contributed by atoms with van der Waals surface area (Å²) in [5.41, 5.74) is 0.947. The van der Waals surface area contributed by atoms with Crippen LogP contribution >= 0.6 is 15.9 Å². The highest BCUT2D eigenvalue weighted by Crippen LogP contribution is 2.21. The molecule has 0 aliphatic rings. The number of hydrogen-bond acceptors (Lipinski definition) is 3. The maximum Gasteiger partial charge on any atom is 0.352 e. The molecule has 0 aliphatic heterocycles. The topological polar surface area (TPSA) is 63.8 Å². The molecule has 6 heteroatoms. The van der Waals surface area contributed by atoms with Gasteiger partial charge in [-0.25, -0.2) is 9.78 Å². The summed E-state index contributed by atoms with van der Waals surface area (Å²) in [7, 11) is 1.60. The Kier molecular flexibility index (Phi) is 3.44. The number of halogens is 1. The number of nitrogens with zero attached hydrogens (tertiary/aromatic N) is 2. The Hall–Kier alpha value is -1.40. The highest BCUT2D eigenvalue weighted by molar-refractivity contribution is 9.10. The number of pyridine rings is 1. The fourth-order valence-corrected chi connectivity index (χ4v) is 2.21. The van der Waals surface area contributed by atoms with Crippen molar-refractivity contribution in [2.75, 3.05) is 13.7 Å². The second-order valence-electron chi connectivity index (χ2n) is 3.50. The lowest BCUT2D eigenvalue weighted by Gasteiger charge is -2.04. The molecule has 2 rings (SSSR count). The first-order chi connectivity index (χ1) is 8.15. The van der Waals surface area contributed by atoms with E-state index in [1.807, 2.05) is 6.07 Å². The number of carboxylic acids is 1. The molecule has 1 N–H and O–H groups in total. The average Bonchev–Trinajstić information content (AvgIpc) is 2.64. The standard InChI is InChI=1S/C11H11BrN2O3/c1-17-6-5-9-13-10(12)7-3-2-4-8(11(15)16)14(7)9/h2-4H,5-6H2,1H3,(H,15,16). The first-order valence-corrected chi connectivity index (χ1v) is 5.82. The Bertz CT molecular complexity index is 565. The third-order valence-electron chi connectivity index (χ3n) is 2.44. The number of hydrogen-bond donors (Lipinski definition) is 1. The van der Waals surface area contributed by atoms with E-state index in [4.69, 9.17) is 9.84 Å². The van der Waals surface area contributed by atoms with Crippen molar-refractivity contribution in [2.24, 2.45) is 0 Å². The van der Waals surface area contributed by atoms with Crippen molar-refractivity contribution in [3.8, 4) is 0 Å². The number of carbonyl (C=O) groups is 1. The maximum absolute atomic E-state index is 11.2. The van der Waals surface area contributed by atoms with Crippen LogP contribution in [0.25, 0.3) is 5.52 Å². The van der Waals surface area contributed by atoms with Crippen molar-refractivity contribution in [1.82, 2.24) is 9.38 Å². The quantitative estimate of drug-likeness (QED) is 0.937. The number of ether oxygens (including phenoxy) is 1. The molecule has 0 atom stereocenters. The van der Waals surface area contributed by atoms with Crippen LogP contribution in [0.5, 0.6) is 0 Å². The molecule has 0 radical (unpaired) electrons. The van der Waals surface area contributed by atoms with E-state index in [1.54, 1.807) is 23.6 Å². The van der Waals surface area contributed by atoms with Crippen LogP contribution < -0.4 is 0 Å². The SMILES string of the molecule is COCCc1nc(Br)c2cccc(C(=O)O)n12. The Labute approximate surface area is 106 Å². The predicted octanol–water partition coefficient (Wildman–Crippen LogP) is 1.98. The summed E-state index contributed by atoms with van der Waals surface area (Å²) in [5, 5.41) is 9.15. The molecular formula is C11H11BrN2O3. The Morgan fingerprint density at radius 2 is 2.35 bits per heavy atom. The Morgan fingerprint density at radius 1 is 1.59 bits per heavy atom. The molecule has 0 amide bonds. The average molecular weight is 299 g/mol. The molecule has 2 aromatic rings. The third kappa shape index (κ3) is 2.18. The number of aromatic nitrogens is 2. The van der Waals surface area contributed by atoms with Gasteiger partial charge in [0.25, 0.3) is 0 Å². The summed E-state index contributed by atoms with van der Waals surface area (Å²) in [6.45, 7) is 0.500. The molecule has 0 unspecified atom stereocenters. The second-order valence-corrected chi connectivity index (χ2v) is 4.25. The molecule has 5 nitrogen and oxygen atoms in total. The maximum atomic E-state index is 11.2. The number of methoxy groups -OCH3 is 1. The van der Waals surface area contributed by atoms with Crippen LogP contribution in [-0.2, 0) is 11.2 Å². The molecule has 2 aromatic heterocycles. The smallest absolute Gasteiger partial charge is 0.352 e. The highest BCUT2D eigenvalue weighted by atomic mass is 79.9. The van der Waals surface area contributed by atoms with Gasteiger partial charge in [-0.2, -0.15) is 0 Å². The van der Waals surface area contributed by atoms with E-state index in [-0.39, 0.29) is 5.69 Å². The van der Waals surface area contributed by atoms with Gasteiger partial charge in [-0.15, -0.1) is 0 Å². The molecule has 0 aliphatic carbocycles. The van der Waals surface area contributed by atoms with Crippen molar-refractivity contribution in [3.63, 3.8) is 0 Å². The molecule has 0 saturated carbocycles. The van der Waals surface area contributed by atoms with E-state index in [9.17, 15) is 4.79 Å². The van der Waals surface area contributed by atoms with Crippen LogP contribution in [-0.4, -0.2) is 34.2 Å². The zero-order valence-corrected chi connectivity index (χ0v) is 10.8. The van der Waals surface area contributed by atoms with E-state index in [2.05, 4.69) is 20.9 Å². The molecule has 0 fully saturated rings. The first kappa shape index (κ1) is 12.1. The summed E-state index contributed by atoms with van der Waals surface area (Å²) in [6.07, 6.45) is 0.563. The first-order valence-electron chi connectivity index (χ1n) is 5.03. The Morgan fingerprint density at radius 3 is 3.00 bits per heavy atom. The van der Waals surface area contributed by atoms with Crippen LogP contribution in [0, 0.1) is 0 Å². The lowest BCUT2D eigenvalue weighted by molar-refractivity contribution is 0.0688. The van der Waals surface area contributed by atoms with Gasteiger partial charge in [0.1, 0.15) is 16.1 Å². The zero-order valence-electron chi connectivity index (χ0n) is 9.18. The minimum absolute atomic E-state index is 0.201. The van der Waals surface area contributed by atoms with Gasteiger partial charge >= 0.3 is 5.97 Å². The van der Waals surface area contributed by atoms with E-state index in [0.717, 1.165) is 5.52 Å². The van der Waals surface area contributed by atoms with E-state index in [0.29, 0.717) is 23.5 Å². The second kappa shape index (κ2) is 4.85. The fourth-order valence-electron chi connectivity index (χ4n) is 1.70. The van der Waals surface area contributed by atoms with Crippen molar-refractivity contribution in [1.29, 1.82) is 0 Å². The summed E-state index contributed by atoms with van der Waals surface area (Å²) >= 11 is 3.33. The number of carboxylic acid groups (broad SMARTS) is 1. The molecule has 2 heterocycles. The summed E-state index contributed by atoms with van der Waals surface area (Å²) in [5.74, 6) is -0.300. The van der Waals surface area contributed by atoms with Gasteiger partial charge in [-0.05, 0) is 28.1 Å². The summed E-state index contributed by atoms with van der Waals surface area (Å²) in [4.78, 5) is 15.5. The molecular weight excluding hydrogens is 288 g/mol. The molecule has 90 valence electrons. The zero-order chi connectivity index (χ0) is 12.4. The molecule has 17 heavy (non-hydrogen) atoms. The van der Waals surface area contributed by atoms with Gasteiger partial charge in [0.05, 0.1) is 12.1 Å². The van der Waals surface area contributed by atoms with Gasteiger partial charge in [-0.3, -0.25) is 4.40 Å². The lowest BCUT2D eigenvalue weighted by Crippen LogP contribution is -2.09. The number of imidazole rings is 1. The largest absolute Gasteiger partial charge is 0.477 e. The molecule has 0 saturated heterocycles. The number of fused-ring (bicyclic) bond motifs is 1. The molecule has 0 spiro atoms. The van der Waals surface area contributed by atoms with Crippen LogP contribution in [0.15, 0.2) is 22.8 Å². The van der Waals surface area contributed by atoms with E-state index >= 15 is 0 Å². The monoisotopic (exact) mass is 298 g/mol. The molecule has 0 bridgehead atoms. The van der Waals surface area contributed by atoms with E-state index < -0.39 is 5.97 Å².